The summed E-state index contributed by atoms with van der Waals surface area (Å²) in [6, 6.07) is 6.24. The molecular formula is C15H21NOS. The quantitative estimate of drug-likeness (QED) is 0.825. The Kier molecular flexibility index (Phi) is 3.29. The van der Waals surface area contributed by atoms with Crippen LogP contribution >= 0.6 is 11.8 Å². The van der Waals surface area contributed by atoms with Gasteiger partial charge in [-0.05, 0) is 62.8 Å². The summed E-state index contributed by atoms with van der Waals surface area (Å²) < 4.78 is 5.99. The average molecular weight is 263 g/mol. The smallest absolute Gasteiger partial charge is 0.0693 e. The molecule has 0 aromatic heterocycles. The molecule has 2 aliphatic rings. The van der Waals surface area contributed by atoms with Gasteiger partial charge < -0.3 is 10.5 Å². The molecule has 1 spiro atoms. The SMILES string of the molecule is Cc1cc(N)ccc1SC1CCOC2(CCC2)C1. The fourth-order valence-electron chi connectivity index (χ4n) is 2.99. The second-order valence-electron chi connectivity index (χ2n) is 5.64. The van der Waals surface area contributed by atoms with Gasteiger partial charge in [0.05, 0.1) is 5.60 Å². The maximum atomic E-state index is 5.99. The van der Waals surface area contributed by atoms with Crippen molar-refractivity contribution >= 4 is 17.4 Å². The van der Waals surface area contributed by atoms with E-state index in [0.717, 1.165) is 12.3 Å². The Bertz CT molecular complexity index is 442. The first-order valence-corrected chi connectivity index (χ1v) is 7.72. The zero-order valence-electron chi connectivity index (χ0n) is 10.9. The third-order valence-electron chi connectivity index (χ3n) is 4.21. The molecule has 98 valence electrons. The first-order valence-electron chi connectivity index (χ1n) is 6.84. The van der Waals surface area contributed by atoms with Crippen LogP contribution in [0.1, 0.15) is 37.7 Å². The lowest BCUT2D eigenvalue weighted by atomic mass is 9.75. The van der Waals surface area contributed by atoms with E-state index >= 15 is 0 Å². The van der Waals surface area contributed by atoms with E-state index in [2.05, 4.69) is 19.1 Å². The van der Waals surface area contributed by atoms with E-state index in [0.29, 0.717) is 5.25 Å². The van der Waals surface area contributed by atoms with Gasteiger partial charge in [-0.3, -0.25) is 0 Å². The summed E-state index contributed by atoms with van der Waals surface area (Å²) in [7, 11) is 0. The third-order valence-corrected chi connectivity index (χ3v) is 5.65. The van der Waals surface area contributed by atoms with Crippen molar-refractivity contribution in [3.8, 4) is 0 Å². The van der Waals surface area contributed by atoms with Crippen LogP contribution in [-0.4, -0.2) is 17.5 Å². The highest BCUT2D eigenvalue weighted by Gasteiger charge is 2.42. The van der Waals surface area contributed by atoms with E-state index in [1.165, 1.54) is 42.6 Å². The molecule has 1 heterocycles. The normalized spacial score (nSPS) is 25.9. The first kappa shape index (κ1) is 12.4. The Hall–Kier alpha value is -0.670. The van der Waals surface area contributed by atoms with Crippen molar-refractivity contribution in [3.05, 3.63) is 23.8 Å². The summed E-state index contributed by atoms with van der Waals surface area (Å²) in [5.41, 5.74) is 8.21. The van der Waals surface area contributed by atoms with Crippen LogP contribution < -0.4 is 5.73 Å². The molecule has 2 N–H and O–H groups in total. The molecule has 1 aromatic rings. The lowest BCUT2D eigenvalue weighted by Crippen LogP contribution is -2.46. The largest absolute Gasteiger partial charge is 0.399 e. The number of anilines is 1. The number of thioether (sulfide) groups is 1. The highest BCUT2D eigenvalue weighted by Crippen LogP contribution is 2.46. The van der Waals surface area contributed by atoms with Crippen LogP contribution in [0.2, 0.25) is 0 Å². The van der Waals surface area contributed by atoms with Gasteiger partial charge in [-0.2, -0.15) is 0 Å². The van der Waals surface area contributed by atoms with Gasteiger partial charge in [0.1, 0.15) is 0 Å². The predicted octanol–water partition coefficient (Wildman–Crippen LogP) is 3.77. The monoisotopic (exact) mass is 263 g/mol. The number of nitrogens with two attached hydrogens (primary N) is 1. The first-order chi connectivity index (χ1) is 8.67. The fourth-order valence-corrected chi connectivity index (χ4v) is 4.34. The number of hydrogen-bond donors (Lipinski definition) is 1. The van der Waals surface area contributed by atoms with Gasteiger partial charge in [-0.1, -0.05) is 0 Å². The Labute approximate surface area is 113 Å². The number of ether oxygens (including phenoxy) is 1. The third kappa shape index (κ3) is 2.39. The van der Waals surface area contributed by atoms with Crippen LogP contribution in [0.4, 0.5) is 5.69 Å². The molecule has 1 unspecified atom stereocenters. The molecule has 3 rings (SSSR count). The Morgan fingerprint density at radius 3 is 2.89 bits per heavy atom. The summed E-state index contributed by atoms with van der Waals surface area (Å²) >= 11 is 2.02. The van der Waals surface area contributed by atoms with Crippen molar-refractivity contribution in [2.75, 3.05) is 12.3 Å². The summed E-state index contributed by atoms with van der Waals surface area (Å²) in [5.74, 6) is 0. The van der Waals surface area contributed by atoms with Crippen LogP contribution in [0, 0.1) is 6.92 Å². The highest BCUT2D eigenvalue weighted by atomic mass is 32.2. The summed E-state index contributed by atoms with van der Waals surface area (Å²) in [4.78, 5) is 1.38. The van der Waals surface area contributed by atoms with Crippen LogP contribution in [0.5, 0.6) is 0 Å². The van der Waals surface area contributed by atoms with E-state index in [4.69, 9.17) is 10.5 Å². The summed E-state index contributed by atoms with van der Waals surface area (Å²) in [5, 5.41) is 0.710. The minimum atomic E-state index is 0.248. The van der Waals surface area contributed by atoms with Crippen molar-refractivity contribution in [2.45, 2.75) is 54.8 Å². The van der Waals surface area contributed by atoms with Gasteiger partial charge in [0.25, 0.3) is 0 Å². The van der Waals surface area contributed by atoms with Crippen molar-refractivity contribution in [1.29, 1.82) is 0 Å². The molecule has 1 aliphatic carbocycles. The van der Waals surface area contributed by atoms with Crippen LogP contribution in [-0.2, 0) is 4.74 Å². The van der Waals surface area contributed by atoms with Gasteiger partial charge in [0.2, 0.25) is 0 Å². The maximum Gasteiger partial charge on any atom is 0.0693 e. The second-order valence-corrected chi connectivity index (χ2v) is 6.98. The average Bonchev–Trinajstić information content (AvgIpc) is 2.31. The molecule has 18 heavy (non-hydrogen) atoms. The number of rotatable bonds is 2. The van der Waals surface area contributed by atoms with Crippen molar-refractivity contribution < 1.29 is 4.74 Å². The van der Waals surface area contributed by atoms with Crippen LogP contribution in [0.15, 0.2) is 23.1 Å². The molecule has 1 aromatic carbocycles. The van der Waals surface area contributed by atoms with E-state index in [-0.39, 0.29) is 5.60 Å². The van der Waals surface area contributed by atoms with Gasteiger partial charge in [0, 0.05) is 22.4 Å². The molecule has 3 heteroatoms. The van der Waals surface area contributed by atoms with Crippen molar-refractivity contribution in [3.63, 3.8) is 0 Å². The van der Waals surface area contributed by atoms with E-state index in [1.54, 1.807) is 0 Å². The number of hydrogen-bond acceptors (Lipinski definition) is 3. The molecule has 1 saturated carbocycles. The fraction of sp³-hybridized carbons (Fsp3) is 0.600. The molecule has 2 nitrogen and oxygen atoms in total. The Balaban J connectivity index is 1.68. The summed E-state index contributed by atoms with van der Waals surface area (Å²) in [6.07, 6.45) is 6.28. The van der Waals surface area contributed by atoms with Gasteiger partial charge in [-0.25, -0.2) is 0 Å². The van der Waals surface area contributed by atoms with Crippen molar-refractivity contribution in [1.82, 2.24) is 0 Å². The van der Waals surface area contributed by atoms with Gasteiger partial charge in [-0.15, -0.1) is 11.8 Å². The topological polar surface area (TPSA) is 35.2 Å². The summed E-state index contributed by atoms with van der Waals surface area (Å²) in [6.45, 7) is 3.09. The molecular weight excluding hydrogens is 242 g/mol. The van der Waals surface area contributed by atoms with Gasteiger partial charge >= 0.3 is 0 Å². The predicted molar refractivity (Wildman–Crippen MR) is 77.0 cm³/mol. The molecule has 1 saturated heterocycles. The maximum absolute atomic E-state index is 5.99. The van der Waals surface area contributed by atoms with E-state index in [1.807, 2.05) is 17.8 Å². The lowest BCUT2D eigenvalue weighted by Gasteiger charge is -2.47. The molecule has 0 bridgehead atoms. The molecule has 0 amide bonds. The zero-order valence-corrected chi connectivity index (χ0v) is 11.8. The molecule has 0 radical (unpaired) electrons. The second kappa shape index (κ2) is 4.78. The minimum absolute atomic E-state index is 0.248. The number of aryl methyl sites for hydroxylation is 1. The number of nitrogen functional groups attached to an aromatic ring is 1. The van der Waals surface area contributed by atoms with E-state index < -0.39 is 0 Å². The van der Waals surface area contributed by atoms with Crippen LogP contribution in [0.25, 0.3) is 0 Å². The Morgan fingerprint density at radius 1 is 1.39 bits per heavy atom. The van der Waals surface area contributed by atoms with Gasteiger partial charge in [0.15, 0.2) is 0 Å². The highest BCUT2D eigenvalue weighted by molar-refractivity contribution is 8.00. The lowest BCUT2D eigenvalue weighted by molar-refractivity contribution is -0.125. The molecule has 2 fully saturated rings. The minimum Gasteiger partial charge on any atom is -0.399 e. The standard InChI is InChI=1S/C15H21NOS/c1-11-9-12(16)3-4-14(11)18-13-5-8-17-15(10-13)6-2-7-15/h3-4,9,13H,2,5-8,10,16H2,1H3. The van der Waals surface area contributed by atoms with Crippen molar-refractivity contribution in [2.24, 2.45) is 0 Å². The molecule has 1 aliphatic heterocycles. The number of benzene rings is 1. The Morgan fingerprint density at radius 2 is 2.22 bits per heavy atom. The zero-order chi connectivity index (χ0) is 12.6. The van der Waals surface area contributed by atoms with Crippen LogP contribution in [0.3, 0.4) is 0 Å². The molecule has 1 atom stereocenters. The van der Waals surface area contributed by atoms with E-state index in [9.17, 15) is 0 Å².